The molecule has 0 radical (unpaired) electrons. The Labute approximate surface area is 133 Å². The molecule has 1 atom stereocenters. The van der Waals surface area contributed by atoms with Gasteiger partial charge in [0.05, 0.1) is 5.54 Å². The van der Waals surface area contributed by atoms with Gasteiger partial charge in [0.25, 0.3) is 5.91 Å². The van der Waals surface area contributed by atoms with Crippen molar-refractivity contribution >= 4 is 17.5 Å². The van der Waals surface area contributed by atoms with Crippen molar-refractivity contribution in [2.45, 2.75) is 25.3 Å². The normalized spacial score (nSPS) is 17.0. The molecule has 1 unspecified atom stereocenters. The van der Waals surface area contributed by atoms with Gasteiger partial charge in [-0.1, -0.05) is 28.9 Å². The number of halogens is 1. The van der Waals surface area contributed by atoms with Gasteiger partial charge in [-0.2, -0.15) is 0 Å². The molecule has 1 amide bonds. The van der Waals surface area contributed by atoms with E-state index in [-0.39, 0.29) is 17.1 Å². The largest absolute Gasteiger partial charge is 0.355 e. The summed E-state index contributed by atoms with van der Waals surface area (Å²) < 4.78 is 5.25. The van der Waals surface area contributed by atoms with E-state index in [0.717, 1.165) is 18.4 Å². The third-order valence-electron chi connectivity index (χ3n) is 4.15. The average Bonchev–Trinajstić information content (AvgIpc) is 3.25. The zero-order chi connectivity index (χ0) is 15.7. The molecule has 22 heavy (non-hydrogen) atoms. The number of hydrogen-bond donors (Lipinski definition) is 2. The van der Waals surface area contributed by atoms with Gasteiger partial charge in [-0.25, -0.2) is 0 Å². The van der Waals surface area contributed by atoms with Crippen molar-refractivity contribution in [1.82, 2.24) is 10.5 Å². The standard InChI is InChI=1S/C16H18ClN3O2/c1-16(9-18,11-5-6-11)19-15(21)13-8-14(22-20-13)10-3-2-4-12(17)7-10/h2-4,7-8,11H,5-6,9,18H2,1H3,(H,19,21). The maximum absolute atomic E-state index is 12.3. The lowest BCUT2D eigenvalue weighted by Crippen LogP contribution is -2.53. The van der Waals surface area contributed by atoms with E-state index in [9.17, 15) is 4.79 Å². The summed E-state index contributed by atoms with van der Waals surface area (Å²) in [4.78, 5) is 12.3. The van der Waals surface area contributed by atoms with Crippen LogP contribution in [0.3, 0.4) is 0 Å². The smallest absolute Gasteiger partial charge is 0.273 e. The lowest BCUT2D eigenvalue weighted by Gasteiger charge is -2.28. The highest BCUT2D eigenvalue weighted by Crippen LogP contribution is 2.39. The summed E-state index contributed by atoms with van der Waals surface area (Å²) in [5, 5.41) is 7.44. The first-order chi connectivity index (χ1) is 10.5. The van der Waals surface area contributed by atoms with Crippen molar-refractivity contribution in [3.63, 3.8) is 0 Å². The second-order valence-electron chi connectivity index (χ2n) is 5.94. The third kappa shape index (κ3) is 3.00. The summed E-state index contributed by atoms with van der Waals surface area (Å²) in [6, 6.07) is 8.82. The first kappa shape index (κ1) is 15.1. The van der Waals surface area contributed by atoms with E-state index in [4.69, 9.17) is 21.9 Å². The van der Waals surface area contributed by atoms with Gasteiger partial charge in [-0.05, 0) is 37.8 Å². The Morgan fingerprint density at radius 1 is 1.50 bits per heavy atom. The highest BCUT2D eigenvalue weighted by atomic mass is 35.5. The molecule has 1 aliphatic rings. The first-order valence-electron chi connectivity index (χ1n) is 7.27. The van der Waals surface area contributed by atoms with Gasteiger partial charge in [0, 0.05) is 23.2 Å². The van der Waals surface area contributed by atoms with Crippen LogP contribution in [0.15, 0.2) is 34.9 Å². The van der Waals surface area contributed by atoms with E-state index < -0.39 is 0 Å². The van der Waals surface area contributed by atoms with Crippen LogP contribution in [-0.2, 0) is 0 Å². The maximum atomic E-state index is 12.3. The van der Waals surface area contributed by atoms with Gasteiger partial charge in [0.1, 0.15) is 0 Å². The van der Waals surface area contributed by atoms with Gasteiger partial charge in [-0.3, -0.25) is 4.79 Å². The van der Waals surface area contributed by atoms with E-state index in [0.29, 0.717) is 23.2 Å². The summed E-state index contributed by atoms with van der Waals surface area (Å²) in [5.74, 6) is 0.686. The first-order valence-corrected chi connectivity index (χ1v) is 7.65. The second kappa shape index (κ2) is 5.74. The van der Waals surface area contributed by atoms with E-state index in [1.54, 1.807) is 18.2 Å². The molecule has 1 aromatic carbocycles. The summed E-state index contributed by atoms with van der Waals surface area (Å²) >= 11 is 5.96. The van der Waals surface area contributed by atoms with Gasteiger partial charge in [0.15, 0.2) is 11.5 Å². The molecule has 3 rings (SSSR count). The molecule has 5 nitrogen and oxygen atoms in total. The lowest BCUT2D eigenvalue weighted by molar-refractivity contribution is 0.0888. The number of rotatable bonds is 5. The minimum atomic E-state index is -0.383. The molecular formula is C16H18ClN3O2. The average molecular weight is 320 g/mol. The number of benzene rings is 1. The van der Waals surface area contributed by atoms with Crippen molar-refractivity contribution in [3.05, 3.63) is 41.0 Å². The van der Waals surface area contributed by atoms with E-state index in [1.165, 1.54) is 0 Å². The molecule has 3 N–H and O–H groups in total. The monoisotopic (exact) mass is 319 g/mol. The van der Waals surface area contributed by atoms with Crippen LogP contribution in [0.5, 0.6) is 0 Å². The molecule has 2 aromatic rings. The fourth-order valence-electron chi connectivity index (χ4n) is 2.52. The molecule has 0 aliphatic heterocycles. The van der Waals surface area contributed by atoms with Gasteiger partial charge in [-0.15, -0.1) is 0 Å². The Balaban J connectivity index is 1.77. The predicted molar refractivity (Wildman–Crippen MR) is 84.6 cm³/mol. The molecule has 1 aromatic heterocycles. The summed E-state index contributed by atoms with van der Waals surface area (Å²) in [6.45, 7) is 2.38. The molecule has 0 saturated heterocycles. The van der Waals surface area contributed by atoms with Gasteiger partial charge >= 0.3 is 0 Å². The van der Waals surface area contributed by atoms with Crippen molar-refractivity contribution in [3.8, 4) is 11.3 Å². The zero-order valence-corrected chi connectivity index (χ0v) is 13.1. The fourth-order valence-corrected chi connectivity index (χ4v) is 2.71. The van der Waals surface area contributed by atoms with Crippen LogP contribution in [0.25, 0.3) is 11.3 Å². The van der Waals surface area contributed by atoms with Crippen LogP contribution in [0.2, 0.25) is 5.02 Å². The van der Waals surface area contributed by atoms with Crippen LogP contribution in [0.1, 0.15) is 30.3 Å². The van der Waals surface area contributed by atoms with Gasteiger partial charge < -0.3 is 15.6 Å². The molecule has 0 bridgehead atoms. The number of aromatic nitrogens is 1. The van der Waals surface area contributed by atoms with E-state index >= 15 is 0 Å². The highest BCUT2D eigenvalue weighted by Gasteiger charge is 2.42. The molecule has 0 spiro atoms. The van der Waals surface area contributed by atoms with Crippen LogP contribution < -0.4 is 11.1 Å². The zero-order valence-electron chi connectivity index (χ0n) is 12.3. The van der Waals surface area contributed by atoms with Crippen molar-refractivity contribution in [2.24, 2.45) is 11.7 Å². The Bertz CT molecular complexity index is 696. The number of hydrogen-bond acceptors (Lipinski definition) is 4. The Kier molecular flexibility index (Phi) is 3.93. The predicted octanol–water partition coefficient (Wildman–Crippen LogP) is 2.85. The number of nitrogens with zero attached hydrogens (tertiary/aromatic N) is 1. The van der Waals surface area contributed by atoms with Crippen molar-refractivity contribution < 1.29 is 9.32 Å². The molecular weight excluding hydrogens is 302 g/mol. The molecule has 1 heterocycles. The minimum Gasteiger partial charge on any atom is -0.355 e. The number of carbonyl (C=O) groups excluding carboxylic acids is 1. The van der Waals surface area contributed by atoms with Gasteiger partial charge in [0.2, 0.25) is 0 Å². The molecule has 1 fully saturated rings. The number of nitrogens with one attached hydrogen (secondary N) is 1. The van der Waals surface area contributed by atoms with E-state index in [1.807, 2.05) is 19.1 Å². The molecule has 1 aliphatic carbocycles. The summed E-state index contributed by atoms with van der Waals surface area (Å²) in [5.41, 5.74) is 6.46. The summed E-state index contributed by atoms with van der Waals surface area (Å²) in [6.07, 6.45) is 2.20. The summed E-state index contributed by atoms with van der Waals surface area (Å²) in [7, 11) is 0. The third-order valence-corrected chi connectivity index (χ3v) is 4.39. The minimum absolute atomic E-state index is 0.246. The van der Waals surface area contributed by atoms with Crippen LogP contribution in [0, 0.1) is 5.92 Å². The maximum Gasteiger partial charge on any atom is 0.273 e. The topological polar surface area (TPSA) is 81.1 Å². The Hall–Kier alpha value is -1.85. The number of amides is 1. The van der Waals surface area contributed by atoms with Crippen LogP contribution in [0.4, 0.5) is 0 Å². The molecule has 6 heteroatoms. The second-order valence-corrected chi connectivity index (χ2v) is 6.37. The molecule has 116 valence electrons. The fraction of sp³-hybridized carbons (Fsp3) is 0.375. The quantitative estimate of drug-likeness (QED) is 0.888. The lowest BCUT2D eigenvalue weighted by atomic mass is 9.96. The van der Waals surface area contributed by atoms with E-state index in [2.05, 4.69) is 10.5 Å². The molecule has 1 saturated carbocycles. The number of carbonyl (C=O) groups is 1. The SMILES string of the molecule is CC(CN)(NC(=O)c1cc(-c2cccc(Cl)c2)on1)C1CC1. The Morgan fingerprint density at radius 3 is 2.91 bits per heavy atom. The highest BCUT2D eigenvalue weighted by molar-refractivity contribution is 6.30. The van der Waals surface area contributed by atoms with Crippen LogP contribution >= 0.6 is 11.6 Å². The van der Waals surface area contributed by atoms with Crippen molar-refractivity contribution in [1.29, 1.82) is 0 Å². The Morgan fingerprint density at radius 2 is 2.27 bits per heavy atom. The van der Waals surface area contributed by atoms with Crippen LogP contribution in [-0.4, -0.2) is 23.1 Å². The van der Waals surface area contributed by atoms with Crippen molar-refractivity contribution in [2.75, 3.05) is 6.54 Å². The number of nitrogens with two attached hydrogens (primary N) is 1.